The second kappa shape index (κ2) is 11.4. The molecule has 0 atom stereocenters. The van der Waals surface area contributed by atoms with Gasteiger partial charge in [-0.25, -0.2) is 14.8 Å². The summed E-state index contributed by atoms with van der Waals surface area (Å²) in [7, 11) is 3.49. The van der Waals surface area contributed by atoms with Crippen LogP contribution in [-0.4, -0.2) is 121 Å². The molecule has 1 aromatic carbocycles. The normalized spacial score (nSPS) is 16.9. The number of piperazine rings is 1. The van der Waals surface area contributed by atoms with E-state index in [4.69, 9.17) is 19.4 Å². The van der Waals surface area contributed by atoms with Crippen LogP contribution in [0.3, 0.4) is 0 Å². The predicted octanol–water partition coefficient (Wildman–Crippen LogP) is 2.89. The van der Waals surface area contributed by atoms with E-state index in [9.17, 15) is 4.79 Å². The van der Waals surface area contributed by atoms with Crippen LogP contribution in [0.1, 0.15) is 4.88 Å². The van der Waals surface area contributed by atoms with Crippen LogP contribution in [0.15, 0.2) is 30.5 Å². The van der Waals surface area contributed by atoms with Crippen molar-refractivity contribution in [1.82, 2.24) is 34.9 Å². The molecule has 206 valence electrons. The molecular weight excluding hydrogens is 516 g/mol. The lowest BCUT2D eigenvalue weighted by Gasteiger charge is -2.36. The maximum Gasteiger partial charge on any atom is 0.319 e. The Balaban J connectivity index is 1.24. The molecule has 3 aromatic heterocycles. The summed E-state index contributed by atoms with van der Waals surface area (Å²) < 4.78 is 11.8. The van der Waals surface area contributed by atoms with Crippen LogP contribution in [0, 0.1) is 0 Å². The molecule has 1 N–H and O–H groups in total. The van der Waals surface area contributed by atoms with Gasteiger partial charge in [0.2, 0.25) is 0 Å². The lowest BCUT2D eigenvalue weighted by atomic mass is 10.1. The molecule has 11 nitrogen and oxygen atoms in total. The SMILES string of the molecule is COCCN(C)C(=O)N1CCN(Cc2cc3nc(-c4cccc5[nH]ncc45)nc(N4CCOCC4)c3s2)CC1. The highest BCUT2D eigenvalue weighted by Gasteiger charge is 2.25. The topological polar surface area (TPSA) is 103 Å². The van der Waals surface area contributed by atoms with E-state index in [0.29, 0.717) is 32.2 Å². The van der Waals surface area contributed by atoms with Gasteiger partial charge in [-0.05, 0) is 12.1 Å². The summed E-state index contributed by atoms with van der Waals surface area (Å²) >= 11 is 1.77. The molecule has 2 saturated heterocycles. The standard InChI is InChI=1S/C27H34N8O3S/c1-32(10-13-37-2)27(36)35-8-6-33(7-9-35)18-19-16-23-24(39-19)26(34-11-14-38-15-12-34)30-25(29-23)20-4-3-5-22-21(20)17-28-31-22/h3-5,16-17H,6-15,18H2,1-2H3,(H,28,31). The van der Waals surface area contributed by atoms with Crippen molar-refractivity contribution in [3.05, 3.63) is 35.3 Å². The van der Waals surface area contributed by atoms with Crippen LogP contribution in [0.4, 0.5) is 10.6 Å². The van der Waals surface area contributed by atoms with Crippen molar-refractivity contribution in [2.24, 2.45) is 0 Å². The van der Waals surface area contributed by atoms with Crippen molar-refractivity contribution in [3.8, 4) is 11.4 Å². The van der Waals surface area contributed by atoms with E-state index in [2.05, 4.69) is 32.1 Å². The Morgan fingerprint density at radius 3 is 2.77 bits per heavy atom. The molecule has 2 fully saturated rings. The van der Waals surface area contributed by atoms with Crippen LogP contribution in [0.2, 0.25) is 0 Å². The van der Waals surface area contributed by atoms with Crippen molar-refractivity contribution < 1.29 is 14.3 Å². The monoisotopic (exact) mass is 550 g/mol. The van der Waals surface area contributed by atoms with Crippen LogP contribution in [0.25, 0.3) is 32.5 Å². The molecule has 2 aliphatic heterocycles. The number of hydrogen-bond acceptors (Lipinski definition) is 9. The first-order chi connectivity index (χ1) is 19.1. The Hall–Kier alpha value is -3.32. The van der Waals surface area contributed by atoms with Gasteiger partial charge in [0.25, 0.3) is 0 Å². The van der Waals surface area contributed by atoms with Crippen LogP contribution < -0.4 is 4.90 Å². The average molecular weight is 551 g/mol. The van der Waals surface area contributed by atoms with E-state index in [1.54, 1.807) is 23.3 Å². The first kappa shape index (κ1) is 25.9. The number of anilines is 1. The lowest BCUT2D eigenvalue weighted by molar-refractivity contribution is 0.105. The number of urea groups is 1. The zero-order chi connectivity index (χ0) is 26.8. The third-order valence-electron chi connectivity index (χ3n) is 7.42. The first-order valence-electron chi connectivity index (χ1n) is 13.4. The lowest BCUT2D eigenvalue weighted by Crippen LogP contribution is -2.52. The number of fused-ring (bicyclic) bond motifs is 2. The van der Waals surface area contributed by atoms with Crippen LogP contribution >= 0.6 is 11.3 Å². The summed E-state index contributed by atoms with van der Waals surface area (Å²) in [5, 5.41) is 8.29. The molecule has 0 bridgehead atoms. The summed E-state index contributed by atoms with van der Waals surface area (Å²) in [6.45, 7) is 8.10. The molecular formula is C27H34N8O3S. The number of carbonyl (C=O) groups excluding carboxylic acids is 1. The molecule has 39 heavy (non-hydrogen) atoms. The highest BCUT2D eigenvalue weighted by atomic mass is 32.1. The van der Waals surface area contributed by atoms with Crippen molar-refractivity contribution in [2.45, 2.75) is 6.54 Å². The van der Waals surface area contributed by atoms with Crippen molar-refractivity contribution in [1.29, 1.82) is 0 Å². The Bertz CT molecular complexity index is 1440. The average Bonchev–Trinajstić information content (AvgIpc) is 3.62. The number of carbonyl (C=O) groups is 1. The minimum Gasteiger partial charge on any atom is -0.383 e. The molecule has 0 spiro atoms. The fourth-order valence-corrected chi connectivity index (χ4v) is 6.35. The van der Waals surface area contributed by atoms with Gasteiger partial charge < -0.3 is 24.2 Å². The molecule has 0 saturated carbocycles. The number of aromatic amines is 1. The summed E-state index contributed by atoms with van der Waals surface area (Å²) in [5.41, 5.74) is 2.91. The highest BCUT2D eigenvalue weighted by molar-refractivity contribution is 7.19. The number of amides is 2. The second-order valence-electron chi connectivity index (χ2n) is 9.99. The molecule has 0 radical (unpaired) electrons. The summed E-state index contributed by atoms with van der Waals surface area (Å²) in [5.74, 6) is 1.69. The predicted molar refractivity (Wildman–Crippen MR) is 152 cm³/mol. The van der Waals surface area contributed by atoms with Crippen molar-refractivity contribution >= 4 is 44.3 Å². The third kappa shape index (κ3) is 5.42. The Labute approximate surface area is 231 Å². The second-order valence-corrected chi connectivity index (χ2v) is 11.1. The quantitative estimate of drug-likeness (QED) is 0.375. The Kier molecular flexibility index (Phi) is 7.60. The smallest absolute Gasteiger partial charge is 0.319 e. The zero-order valence-corrected chi connectivity index (χ0v) is 23.2. The molecule has 2 aliphatic rings. The number of hydrogen-bond donors (Lipinski definition) is 1. The van der Waals surface area contributed by atoms with Gasteiger partial charge in [-0.2, -0.15) is 5.10 Å². The number of thiophene rings is 1. The summed E-state index contributed by atoms with van der Waals surface area (Å²) in [6, 6.07) is 8.36. The zero-order valence-electron chi connectivity index (χ0n) is 22.4. The molecule has 6 rings (SSSR count). The van der Waals surface area contributed by atoms with E-state index in [0.717, 1.165) is 78.3 Å². The van der Waals surface area contributed by atoms with Gasteiger partial charge >= 0.3 is 6.03 Å². The largest absolute Gasteiger partial charge is 0.383 e. The number of methoxy groups -OCH3 is 1. The van der Waals surface area contributed by atoms with Gasteiger partial charge in [-0.3, -0.25) is 10.00 Å². The molecule has 0 unspecified atom stereocenters. The molecule has 5 heterocycles. The maximum absolute atomic E-state index is 12.7. The van der Waals surface area contributed by atoms with Gasteiger partial charge in [0.15, 0.2) is 11.6 Å². The molecule has 2 amide bonds. The molecule has 4 aromatic rings. The van der Waals surface area contributed by atoms with Gasteiger partial charge in [0.05, 0.1) is 41.8 Å². The third-order valence-corrected chi connectivity index (χ3v) is 8.53. The Morgan fingerprint density at radius 1 is 1.15 bits per heavy atom. The van der Waals surface area contributed by atoms with E-state index >= 15 is 0 Å². The highest BCUT2D eigenvalue weighted by Crippen LogP contribution is 2.36. The number of H-pyrrole nitrogens is 1. The van der Waals surface area contributed by atoms with E-state index in [1.807, 2.05) is 30.3 Å². The van der Waals surface area contributed by atoms with Gasteiger partial charge in [0.1, 0.15) is 0 Å². The fourth-order valence-electron chi connectivity index (χ4n) is 5.20. The minimum atomic E-state index is 0.0687. The number of likely N-dealkylation sites (N-methyl/N-ethyl adjacent to an activating group) is 1. The van der Waals surface area contributed by atoms with Gasteiger partial charge in [-0.1, -0.05) is 12.1 Å². The van der Waals surface area contributed by atoms with Crippen molar-refractivity contribution in [2.75, 3.05) is 84.7 Å². The Morgan fingerprint density at radius 2 is 1.97 bits per heavy atom. The van der Waals surface area contributed by atoms with E-state index < -0.39 is 0 Å². The number of nitrogens with zero attached hydrogens (tertiary/aromatic N) is 7. The van der Waals surface area contributed by atoms with Crippen LogP contribution in [0.5, 0.6) is 0 Å². The van der Waals surface area contributed by atoms with Crippen LogP contribution in [-0.2, 0) is 16.0 Å². The number of ether oxygens (including phenoxy) is 2. The van der Waals surface area contributed by atoms with E-state index in [1.165, 1.54) is 4.88 Å². The van der Waals surface area contributed by atoms with Gasteiger partial charge in [0, 0.05) is 82.3 Å². The number of nitrogens with one attached hydrogen (secondary N) is 1. The number of morpholine rings is 1. The summed E-state index contributed by atoms with van der Waals surface area (Å²) in [4.78, 5) is 32.5. The summed E-state index contributed by atoms with van der Waals surface area (Å²) in [6.07, 6.45) is 1.84. The minimum absolute atomic E-state index is 0.0687. The fraction of sp³-hybridized carbons (Fsp3) is 0.481. The first-order valence-corrected chi connectivity index (χ1v) is 14.2. The molecule has 12 heteroatoms. The molecule has 0 aliphatic carbocycles. The van der Waals surface area contributed by atoms with Crippen molar-refractivity contribution in [3.63, 3.8) is 0 Å². The van der Waals surface area contributed by atoms with E-state index in [-0.39, 0.29) is 6.03 Å². The van der Waals surface area contributed by atoms with Gasteiger partial charge in [-0.15, -0.1) is 11.3 Å². The number of rotatable bonds is 7. The number of aromatic nitrogens is 4. The maximum atomic E-state index is 12.7. The number of benzene rings is 1.